The van der Waals surface area contributed by atoms with E-state index in [-0.39, 0.29) is 27.5 Å². The van der Waals surface area contributed by atoms with Gasteiger partial charge in [-0.15, -0.1) is 0 Å². The second kappa shape index (κ2) is 10.2. The third-order valence-electron chi connectivity index (χ3n) is 5.60. The third kappa shape index (κ3) is 5.08. The molecular weight excluding hydrogens is 437 g/mol. The van der Waals surface area contributed by atoms with Crippen molar-refractivity contribution < 1.29 is 14.3 Å². The van der Waals surface area contributed by atoms with E-state index in [0.717, 1.165) is 18.4 Å². The molecule has 3 rings (SSSR count). The van der Waals surface area contributed by atoms with E-state index < -0.39 is 12.0 Å². The first-order valence-corrected chi connectivity index (χ1v) is 11.1. The number of ether oxygens (including phenoxy) is 1. The molecule has 0 bridgehead atoms. The number of methoxy groups -OCH3 is 1. The van der Waals surface area contributed by atoms with Gasteiger partial charge in [-0.3, -0.25) is 9.59 Å². The van der Waals surface area contributed by atoms with Gasteiger partial charge in [-0.25, -0.2) is 0 Å². The molecule has 2 atom stereocenters. The fourth-order valence-electron chi connectivity index (χ4n) is 4.01. The van der Waals surface area contributed by atoms with Crippen molar-refractivity contribution in [2.24, 2.45) is 5.92 Å². The first kappa shape index (κ1) is 23.2. The molecule has 2 aromatic rings. The van der Waals surface area contributed by atoms with Crippen molar-refractivity contribution in [3.05, 3.63) is 52.0 Å². The number of piperidine rings is 1. The average molecular weight is 464 g/mol. The van der Waals surface area contributed by atoms with Crippen LogP contribution in [0.5, 0.6) is 5.75 Å². The van der Waals surface area contributed by atoms with Gasteiger partial charge in [-0.2, -0.15) is 0 Å². The molecule has 1 heterocycles. The predicted molar refractivity (Wildman–Crippen MR) is 125 cm³/mol. The number of nitrogens with one attached hydrogen (secondary N) is 1. The minimum atomic E-state index is -0.457. The number of nitrogens with zero attached hydrogens (tertiary/aromatic N) is 1. The summed E-state index contributed by atoms with van der Waals surface area (Å²) in [6.07, 6.45) is 2.56. The fraction of sp³-hybridized carbons (Fsp3) is 0.391. The van der Waals surface area contributed by atoms with Gasteiger partial charge in [0.15, 0.2) is 0 Å². The number of carbonyl (C=O) groups excluding carboxylic acids is 2. The van der Waals surface area contributed by atoms with Crippen molar-refractivity contribution in [2.45, 2.75) is 38.6 Å². The van der Waals surface area contributed by atoms with Crippen LogP contribution in [0, 0.1) is 5.92 Å². The highest BCUT2D eigenvalue weighted by atomic mass is 35.5. The summed E-state index contributed by atoms with van der Waals surface area (Å²) >= 11 is 12.2. The number of para-hydroxylation sites is 1. The van der Waals surface area contributed by atoms with Crippen LogP contribution in [0.25, 0.3) is 0 Å². The van der Waals surface area contributed by atoms with Crippen molar-refractivity contribution in [3.63, 3.8) is 0 Å². The zero-order valence-corrected chi connectivity index (χ0v) is 19.2. The molecule has 1 fully saturated rings. The van der Waals surface area contributed by atoms with Crippen molar-refractivity contribution in [1.82, 2.24) is 4.90 Å². The van der Waals surface area contributed by atoms with Gasteiger partial charge in [-0.05, 0) is 31.0 Å². The Morgan fingerprint density at radius 1 is 1.26 bits per heavy atom. The first-order chi connectivity index (χ1) is 14.9. The SMILES string of the molecule is CCCCN1C(=O)CCC(C(=O)Nc2cc(Cl)c(N)c(Cl)c2)C1c1ccccc1OC. The molecule has 6 nitrogen and oxygen atoms in total. The molecule has 8 heteroatoms. The molecule has 0 aliphatic carbocycles. The second-order valence-electron chi connectivity index (χ2n) is 7.62. The smallest absolute Gasteiger partial charge is 0.229 e. The summed E-state index contributed by atoms with van der Waals surface area (Å²) in [6.45, 7) is 2.66. The first-order valence-electron chi connectivity index (χ1n) is 10.3. The maximum Gasteiger partial charge on any atom is 0.229 e. The zero-order valence-electron chi connectivity index (χ0n) is 17.7. The Morgan fingerprint density at radius 2 is 1.94 bits per heavy atom. The number of rotatable bonds is 7. The topological polar surface area (TPSA) is 84.7 Å². The van der Waals surface area contributed by atoms with Crippen LogP contribution in [0.2, 0.25) is 10.0 Å². The lowest BCUT2D eigenvalue weighted by Gasteiger charge is -2.41. The second-order valence-corrected chi connectivity index (χ2v) is 8.43. The molecular formula is C23H27Cl2N3O3. The van der Waals surface area contributed by atoms with E-state index in [2.05, 4.69) is 12.2 Å². The van der Waals surface area contributed by atoms with Crippen LogP contribution in [0.4, 0.5) is 11.4 Å². The van der Waals surface area contributed by atoms with E-state index in [1.165, 1.54) is 0 Å². The van der Waals surface area contributed by atoms with Crippen LogP contribution in [-0.2, 0) is 9.59 Å². The molecule has 3 N–H and O–H groups in total. The van der Waals surface area contributed by atoms with Crippen LogP contribution < -0.4 is 15.8 Å². The summed E-state index contributed by atoms with van der Waals surface area (Å²) in [6, 6.07) is 10.2. The molecule has 1 saturated heterocycles. The standard InChI is InChI=1S/C23H27Cl2N3O3/c1-3-4-11-28-20(29)10-9-16(22(28)15-7-5-6-8-19(15)31-2)23(30)27-14-12-17(24)21(26)18(25)13-14/h5-8,12-13,16,22H,3-4,9-11,26H2,1-2H3,(H,27,30). The van der Waals surface area contributed by atoms with Crippen LogP contribution in [0.3, 0.4) is 0 Å². The average Bonchev–Trinajstić information content (AvgIpc) is 2.76. The fourth-order valence-corrected chi connectivity index (χ4v) is 4.49. The Kier molecular flexibility index (Phi) is 7.68. The monoisotopic (exact) mass is 463 g/mol. The van der Waals surface area contributed by atoms with Crippen molar-refractivity contribution >= 4 is 46.4 Å². The van der Waals surface area contributed by atoms with Gasteiger partial charge >= 0.3 is 0 Å². The number of hydrogen-bond acceptors (Lipinski definition) is 4. The molecule has 0 spiro atoms. The van der Waals surface area contributed by atoms with Crippen LogP contribution in [0.1, 0.15) is 44.2 Å². The third-order valence-corrected chi connectivity index (χ3v) is 6.23. The number of likely N-dealkylation sites (tertiary alicyclic amines) is 1. The normalized spacial score (nSPS) is 18.7. The number of unbranched alkanes of at least 4 members (excludes halogenated alkanes) is 1. The van der Waals surface area contributed by atoms with E-state index in [1.807, 2.05) is 29.2 Å². The minimum Gasteiger partial charge on any atom is -0.496 e. The molecule has 2 amide bonds. The van der Waals surface area contributed by atoms with Crippen molar-refractivity contribution in [3.8, 4) is 5.75 Å². The van der Waals surface area contributed by atoms with Gasteiger partial charge in [0.05, 0.1) is 34.8 Å². The van der Waals surface area contributed by atoms with Gasteiger partial charge in [0.1, 0.15) is 5.75 Å². The van der Waals surface area contributed by atoms with Gasteiger partial charge in [0.25, 0.3) is 0 Å². The van der Waals surface area contributed by atoms with E-state index in [9.17, 15) is 9.59 Å². The summed E-state index contributed by atoms with van der Waals surface area (Å²) in [5.74, 6) is 0.0369. The molecule has 0 saturated carbocycles. The molecule has 0 aromatic heterocycles. The number of nitrogens with two attached hydrogens (primary N) is 1. The lowest BCUT2D eigenvalue weighted by atomic mass is 9.83. The quantitative estimate of drug-likeness (QED) is 0.545. The summed E-state index contributed by atoms with van der Waals surface area (Å²) in [4.78, 5) is 28.0. The Labute approximate surface area is 192 Å². The number of halogens is 2. The summed E-state index contributed by atoms with van der Waals surface area (Å²) < 4.78 is 5.56. The largest absolute Gasteiger partial charge is 0.496 e. The summed E-state index contributed by atoms with van der Waals surface area (Å²) in [5, 5.41) is 3.45. The molecule has 2 aromatic carbocycles. The molecule has 1 aliphatic heterocycles. The lowest BCUT2D eigenvalue weighted by Crippen LogP contribution is -2.47. The highest BCUT2D eigenvalue weighted by Gasteiger charge is 2.41. The van der Waals surface area contributed by atoms with Crippen LogP contribution in [-0.4, -0.2) is 30.4 Å². The molecule has 31 heavy (non-hydrogen) atoms. The minimum absolute atomic E-state index is 0.0481. The Bertz CT molecular complexity index is 944. The predicted octanol–water partition coefficient (Wildman–Crippen LogP) is 5.30. The van der Waals surface area contributed by atoms with E-state index in [4.69, 9.17) is 33.7 Å². The summed E-state index contributed by atoms with van der Waals surface area (Å²) in [5.41, 5.74) is 7.35. The number of carbonyl (C=O) groups is 2. The maximum atomic E-state index is 13.4. The van der Waals surface area contributed by atoms with Gasteiger partial charge in [0.2, 0.25) is 11.8 Å². The molecule has 166 valence electrons. The number of nitrogen functional groups attached to an aromatic ring is 1. The van der Waals surface area contributed by atoms with Gasteiger partial charge < -0.3 is 20.7 Å². The zero-order chi connectivity index (χ0) is 22.5. The number of amides is 2. The van der Waals surface area contributed by atoms with Crippen molar-refractivity contribution in [2.75, 3.05) is 24.7 Å². The highest BCUT2D eigenvalue weighted by Crippen LogP contribution is 2.41. The number of hydrogen-bond donors (Lipinski definition) is 2. The number of anilines is 2. The molecule has 1 aliphatic rings. The Balaban J connectivity index is 1.97. The van der Waals surface area contributed by atoms with Crippen LogP contribution in [0.15, 0.2) is 36.4 Å². The van der Waals surface area contributed by atoms with Gasteiger partial charge in [0, 0.05) is 24.2 Å². The molecule has 0 radical (unpaired) electrons. The van der Waals surface area contributed by atoms with Crippen LogP contribution >= 0.6 is 23.2 Å². The highest BCUT2D eigenvalue weighted by molar-refractivity contribution is 6.39. The van der Waals surface area contributed by atoms with E-state index in [0.29, 0.717) is 30.8 Å². The summed E-state index contributed by atoms with van der Waals surface area (Å²) in [7, 11) is 1.59. The van der Waals surface area contributed by atoms with E-state index >= 15 is 0 Å². The maximum absolute atomic E-state index is 13.4. The van der Waals surface area contributed by atoms with Gasteiger partial charge in [-0.1, -0.05) is 54.7 Å². The molecule has 2 unspecified atom stereocenters. The Hall–Kier alpha value is -2.44. The number of benzene rings is 2. The van der Waals surface area contributed by atoms with E-state index in [1.54, 1.807) is 19.2 Å². The lowest BCUT2D eigenvalue weighted by molar-refractivity contribution is -0.142. The Morgan fingerprint density at radius 3 is 2.58 bits per heavy atom. The van der Waals surface area contributed by atoms with Crippen molar-refractivity contribution in [1.29, 1.82) is 0 Å².